The van der Waals surface area contributed by atoms with Crippen LogP contribution in [0.25, 0.3) is 0 Å². The van der Waals surface area contributed by atoms with Crippen LogP contribution in [0.5, 0.6) is 5.75 Å². The molecule has 0 atom stereocenters. The number of benzene rings is 2. The lowest BCUT2D eigenvalue weighted by molar-refractivity contribution is -0.113. The number of thioether (sulfide) groups is 1. The molecule has 2 aromatic carbocycles. The van der Waals surface area contributed by atoms with Gasteiger partial charge in [-0.1, -0.05) is 11.6 Å². The Balaban J connectivity index is 1.88. The van der Waals surface area contributed by atoms with Crippen molar-refractivity contribution in [2.24, 2.45) is 0 Å². The van der Waals surface area contributed by atoms with Crippen LogP contribution < -0.4 is 10.1 Å². The Bertz CT molecular complexity index is 649. The van der Waals surface area contributed by atoms with Crippen molar-refractivity contribution in [3.05, 3.63) is 53.3 Å². The van der Waals surface area contributed by atoms with Crippen molar-refractivity contribution in [3.8, 4) is 5.75 Å². The van der Waals surface area contributed by atoms with Gasteiger partial charge in [-0.25, -0.2) is 4.39 Å². The van der Waals surface area contributed by atoms with E-state index in [-0.39, 0.29) is 17.3 Å². The third-order valence-electron chi connectivity index (χ3n) is 2.71. The van der Waals surface area contributed by atoms with Crippen LogP contribution in [0.3, 0.4) is 0 Å². The molecule has 0 aromatic heterocycles. The van der Waals surface area contributed by atoms with Crippen molar-refractivity contribution in [2.45, 2.75) is 11.8 Å². The zero-order valence-corrected chi connectivity index (χ0v) is 13.5. The SMILES string of the molecule is CCOc1ccc(SCC(=O)Nc2cc(Cl)ccc2F)cc1. The molecule has 1 N–H and O–H groups in total. The zero-order chi connectivity index (χ0) is 15.9. The number of anilines is 1. The Morgan fingerprint density at radius 1 is 1.27 bits per heavy atom. The minimum atomic E-state index is -0.510. The highest BCUT2D eigenvalue weighted by atomic mass is 35.5. The Morgan fingerprint density at radius 3 is 2.68 bits per heavy atom. The second-order valence-corrected chi connectivity index (χ2v) is 5.85. The predicted octanol–water partition coefficient (Wildman–Crippen LogP) is 4.61. The summed E-state index contributed by atoms with van der Waals surface area (Å²) in [4.78, 5) is 12.8. The third kappa shape index (κ3) is 4.93. The van der Waals surface area contributed by atoms with Crippen molar-refractivity contribution in [3.63, 3.8) is 0 Å². The lowest BCUT2D eigenvalue weighted by Gasteiger charge is -2.07. The van der Waals surface area contributed by atoms with Crippen LogP contribution in [0, 0.1) is 5.82 Å². The van der Waals surface area contributed by atoms with Crippen molar-refractivity contribution in [1.29, 1.82) is 0 Å². The zero-order valence-electron chi connectivity index (χ0n) is 11.9. The van der Waals surface area contributed by atoms with Crippen LogP contribution in [0.15, 0.2) is 47.4 Å². The molecule has 0 saturated carbocycles. The molecular weight excluding hydrogens is 325 g/mol. The molecule has 2 aromatic rings. The second-order valence-electron chi connectivity index (χ2n) is 4.37. The lowest BCUT2D eigenvalue weighted by Crippen LogP contribution is -2.15. The van der Waals surface area contributed by atoms with Crippen LogP contribution in [-0.2, 0) is 4.79 Å². The van der Waals surface area contributed by atoms with E-state index in [1.165, 1.54) is 30.0 Å². The maximum Gasteiger partial charge on any atom is 0.234 e. The Morgan fingerprint density at radius 2 is 2.00 bits per heavy atom. The fourth-order valence-corrected chi connectivity index (χ4v) is 2.60. The minimum absolute atomic E-state index is 0.0878. The molecule has 0 heterocycles. The number of carbonyl (C=O) groups is 1. The highest BCUT2D eigenvalue weighted by Crippen LogP contribution is 2.23. The highest BCUT2D eigenvalue weighted by molar-refractivity contribution is 8.00. The summed E-state index contributed by atoms with van der Waals surface area (Å²) in [6, 6.07) is 11.5. The van der Waals surface area contributed by atoms with Crippen LogP contribution in [-0.4, -0.2) is 18.3 Å². The van der Waals surface area contributed by atoms with Crippen LogP contribution >= 0.6 is 23.4 Å². The molecule has 116 valence electrons. The van der Waals surface area contributed by atoms with Gasteiger partial charge in [-0.3, -0.25) is 4.79 Å². The number of rotatable bonds is 6. The third-order valence-corrected chi connectivity index (χ3v) is 3.95. The van der Waals surface area contributed by atoms with E-state index in [1.54, 1.807) is 0 Å². The molecule has 0 aliphatic rings. The Kier molecular flexibility index (Phi) is 6.10. The van der Waals surface area contributed by atoms with Gasteiger partial charge in [0.25, 0.3) is 0 Å². The molecule has 2 rings (SSSR count). The number of nitrogens with one attached hydrogen (secondary N) is 1. The fraction of sp³-hybridized carbons (Fsp3) is 0.188. The maximum atomic E-state index is 13.5. The number of hydrogen-bond donors (Lipinski definition) is 1. The molecule has 0 aliphatic carbocycles. The summed E-state index contributed by atoms with van der Waals surface area (Å²) in [7, 11) is 0. The number of halogens is 2. The number of hydrogen-bond acceptors (Lipinski definition) is 3. The largest absolute Gasteiger partial charge is 0.494 e. The average Bonchev–Trinajstić information content (AvgIpc) is 2.51. The van der Waals surface area contributed by atoms with Crippen molar-refractivity contribution < 1.29 is 13.9 Å². The average molecular weight is 340 g/mol. The standard InChI is InChI=1S/C16H15ClFNO2S/c1-2-21-12-4-6-13(7-5-12)22-10-16(20)19-15-9-11(17)3-8-14(15)18/h3-9H,2,10H2,1H3,(H,19,20). The summed E-state index contributed by atoms with van der Waals surface area (Å²) in [5.41, 5.74) is 0.0878. The van der Waals surface area contributed by atoms with Gasteiger partial charge in [-0.15, -0.1) is 11.8 Å². The van der Waals surface area contributed by atoms with Crippen molar-refractivity contribution >= 4 is 35.0 Å². The Hall–Kier alpha value is -1.72. The van der Waals surface area contributed by atoms with E-state index in [4.69, 9.17) is 16.3 Å². The first-order valence-electron chi connectivity index (χ1n) is 6.69. The molecule has 0 spiro atoms. The van der Waals surface area contributed by atoms with Crippen molar-refractivity contribution in [1.82, 2.24) is 0 Å². The summed E-state index contributed by atoms with van der Waals surface area (Å²) in [5, 5.41) is 2.88. The molecule has 6 heteroatoms. The van der Waals surface area contributed by atoms with Crippen molar-refractivity contribution in [2.75, 3.05) is 17.7 Å². The maximum absolute atomic E-state index is 13.5. The molecule has 0 unspecified atom stereocenters. The number of ether oxygens (including phenoxy) is 1. The summed E-state index contributed by atoms with van der Waals surface area (Å²) < 4.78 is 18.9. The topological polar surface area (TPSA) is 38.3 Å². The number of carbonyl (C=O) groups excluding carboxylic acids is 1. The fourth-order valence-electron chi connectivity index (χ4n) is 1.73. The number of amides is 1. The molecule has 0 aliphatic heterocycles. The summed E-state index contributed by atoms with van der Waals surface area (Å²) in [6.45, 7) is 2.53. The van der Waals surface area contributed by atoms with E-state index in [0.717, 1.165) is 10.6 Å². The lowest BCUT2D eigenvalue weighted by atomic mass is 10.3. The molecule has 0 saturated heterocycles. The first kappa shape index (κ1) is 16.6. The molecule has 3 nitrogen and oxygen atoms in total. The normalized spacial score (nSPS) is 10.3. The first-order chi connectivity index (χ1) is 10.6. The minimum Gasteiger partial charge on any atom is -0.494 e. The summed E-state index contributed by atoms with van der Waals surface area (Å²) in [6.07, 6.45) is 0. The van der Waals surface area contributed by atoms with E-state index in [0.29, 0.717) is 11.6 Å². The van der Waals surface area contributed by atoms with Gasteiger partial charge in [0, 0.05) is 9.92 Å². The second kappa shape index (κ2) is 8.06. The van der Waals surface area contributed by atoms with Gasteiger partial charge < -0.3 is 10.1 Å². The quantitative estimate of drug-likeness (QED) is 0.781. The van der Waals surface area contributed by atoms with Crippen LogP contribution in [0.4, 0.5) is 10.1 Å². The summed E-state index contributed by atoms with van der Waals surface area (Å²) >= 11 is 7.14. The molecule has 0 bridgehead atoms. The van der Waals surface area contributed by atoms with Gasteiger partial charge in [0.05, 0.1) is 18.0 Å². The molecule has 0 radical (unpaired) electrons. The van der Waals surface area contributed by atoms with Gasteiger partial charge in [0.1, 0.15) is 11.6 Å². The Labute approximate surface area is 137 Å². The van der Waals surface area contributed by atoms with Crippen LogP contribution in [0.2, 0.25) is 5.02 Å². The van der Waals surface area contributed by atoms with E-state index < -0.39 is 5.82 Å². The molecule has 0 fully saturated rings. The summed E-state index contributed by atoms with van der Waals surface area (Å²) in [5.74, 6) is 0.168. The van der Waals surface area contributed by atoms with Gasteiger partial charge in [-0.05, 0) is 49.4 Å². The predicted molar refractivity (Wildman–Crippen MR) is 88.4 cm³/mol. The highest BCUT2D eigenvalue weighted by Gasteiger charge is 2.08. The van der Waals surface area contributed by atoms with E-state index in [2.05, 4.69) is 5.32 Å². The van der Waals surface area contributed by atoms with E-state index >= 15 is 0 Å². The van der Waals surface area contributed by atoms with E-state index in [9.17, 15) is 9.18 Å². The monoisotopic (exact) mass is 339 g/mol. The van der Waals surface area contributed by atoms with Gasteiger partial charge in [0.15, 0.2) is 0 Å². The van der Waals surface area contributed by atoms with Gasteiger partial charge >= 0.3 is 0 Å². The van der Waals surface area contributed by atoms with E-state index in [1.807, 2.05) is 31.2 Å². The molecule has 22 heavy (non-hydrogen) atoms. The molecular formula is C16H15ClFNO2S. The van der Waals surface area contributed by atoms with Crippen LogP contribution in [0.1, 0.15) is 6.92 Å². The van der Waals surface area contributed by atoms with Gasteiger partial charge in [0.2, 0.25) is 5.91 Å². The van der Waals surface area contributed by atoms with Gasteiger partial charge in [-0.2, -0.15) is 0 Å². The first-order valence-corrected chi connectivity index (χ1v) is 8.05. The molecule has 1 amide bonds. The smallest absolute Gasteiger partial charge is 0.234 e.